The largest absolute Gasteiger partial charge is 0.484 e. The van der Waals surface area contributed by atoms with Crippen LogP contribution in [0, 0.1) is 29.1 Å². The van der Waals surface area contributed by atoms with Crippen LogP contribution in [0.3, 0.4) is 0 Å². The van der Waals surface area contributed by atoms with Gasteiger partial charge in [-0.3, -0.25) is 4.79 Å². The molecular weight excluding hydrogens is 353 g/mol. The van der Waals surface area contributed by atoms with Gasteiger partial charge in [0.1, 0.15) is 6.10 Å². The maximum Gasteiger partial charge on any atom is 0.232 e. The Labute approximate surface area is 140 Å². The first-order valence-corrected chi connectivity index (χ1v) is 8.08. The van der Waals surface area contributed by atoms with Crippen LogP contribution >= 0.6 is 12.6 Å². The van der Waals surface area contributed by atoms with Gasteiger partial charge in [-0.25, -0.2) is 13.2 Å². The molecule has 0 radical (unpaired) electrons. The van der Waals surface area contributed by atoms with Crippen molar-refractivity contribution in [3.05, 3.63) is 29.1 Å². The molecule has 2 fully saturated rings. The molecule has 2 aliphatic rings. The Morgan fingerprint density at radius 3 is 1.88 bits per heavy atom. The molecule has 2 saturated heterocycles. The van der Waals surface area contributed by atoms with Gasteiger partial charge in [-0.2, -0.15) is 21.4 Å². The molecule has 3 rings (SSSR count). The highest BCUT2D eigenvalue weighted by molar-refractivity contribution is 7.81. The summed E-state index contributed by atoms with van der Waals surface area (Å²) in [6.07, 6.45) is 1.24. The maximum absolute atomic E-state index is 13.7. The normalized spacial score (nSPS) is 25.9. The molecule has 1 aromatic rings. The SMILES string of the molecule is O=C(CS)N1C2CCC1CC(Oc1c(F)c(F)c(F)c(F)c1F)C2. The minimum Gasteiger partial charge on any atom is -0.484 e. The second-order valence-electron chi connectivity index (χ2n) is 5.95. The lowest BCUT2D eigenvalue weighted by Crippen LogP contribution is -2.49. The lowest BCUT2D eigenvalue weighted by molar-refractivity contribution is -0.134. The Bertz CT molecular complexity index is 643. The van der Waals surface area contributed by atoms with Crippen molar-refractivity contribution in [3.63, 3.8) is 0 Å². The van der Waals surface area contributed by atoms with E-state index in [9.17, 15) is 26.7 Å². The zero-order valence-electron chi connectivity index (χ0n) is 12.4. The number of halogens is 5. The van der Waals surface area contributed by atoms with E-state index in [1.165, 1.54) is 0 Å². The first-order valence-electron chi connectivity index (χ1n) is 7.45. The summed E-state index contributed by atoms with van der Waals surface area (Å²) < 4.78 is 72.1. The standard InChI is InChI=1S/C15H14F5NO2S/c16-10-11(17)13(19)15(14(20)12(10)18)23-8-3-6-1-2-7(4-8)21(6)9(22)5-24/h6-8,24H,1-5H2. The molecule has 0 spiro atoms. The predicted octanol–water partition coefficient (Wildman–Crippen LogP) is 3.21. The number of carbonyl (C=O) groups excluding carboxylic acids is 1. The van der Waals surface area contributed by atoms with Crippen molar-refractivity contribution in [2.75, 3.05) is 5.75 Å². The zero-order valence-corrected chi connectivity index (χ0v) is 13.3. The third-order valence-electron chi connectivity index (χ3n) is 4.57. The number of carbonyl (C=O) groups is 1. The Morgan fingerprint density at radius 2 is 1.42 bits per heavy atom. The summed E-state index contributed by atoms with van der Waals surface area (Å²) in [6, 6.07) is -0.343. The van der Waals surface area contributed by atoms with E-state index in [0.29, 0.717) is 12.8 Å². The van der Waals surface area contributed by atoms with Gasteiger partial charge in [-0.1, -0.05) is 0 Å². The van der Waals surface area contributed by atoms with Crippen molar-refractivity contribution in [1.29, 1.82) is 0 Å². The molecule has 0 aromatic heterocycles. The number of rotatable bonds is 3. The summed E-state index contributed by atoms with van der Waals surface area (Å²) in [7, 11) is 0. The third-order valence-corrected chi connectivity index (χ3v) is 4.84. The Balaban J connectivity index is 1.81. The molecule has 2 aliphatic heterocycles. The van der Waals surface area contributed by atoms with Gasteiger partial charge in [0, 0.05) is 24.9 Å². The Hall–Kier alpha value is -1.51. The second kappa shape index (κ2) is 6.42. The monoisotopic (exact) mass is 367 g/mol. The van der Waals surface area contributed by atoms with Gasteiger partial charge >= 0.3 is 0 Å². The van der Waals surface area contributed by atoms with Crippen LogP contribution in [-0.4, -0.2) is 34.7 Å². The van der Waals surface area contributed by atoms with Crippen LogP contribution < -0.4 is 4.74 Å². The number of hydrogen-bond donors (Lipinski definition) is 1. The van der Waals surface area contributed by atoms with E-state index in [1.54, 1.807) is 4.90 Å². The maximum atomic E-state index is 13.7. The Morgan fingerprint density at radius 1 is 0.958 bits per heavy atom. The van der Waals surface area contributed by atoms with Crippen LogP contribution in [0.1, 0.15) is 25.7 Å². The van der Waals surface area contributed by atoms with E-state index in [4.69, 9.17) is 4.74 Å². The molecule has 24 heavy (non-hydrogen) atoms. The van der Waals surface area contributed by atoms with Gasteiger partial charge in [-0.15, -0.1) is 0 Å². The molecule has 0 saturated carbocycles. The zero-order chi connectivity index (χ0) is 17.6. The van der Waals surface area contributed by atoms with Crippen LogP contribution in [-0.2, 0) is 4.79 Å². The Kier molecular flexibility index (Phi) is 4.63. The smallest absolute Gasteiger partial charge is 0.232 e. The average molecular weight is 367 g/mol. The fourth-order valence-corrected chi connectivity index (χ4v) is 3.73. The molecule has 2 bridgehead atoms. The summed E-state index contributed by atoms with van der Waals surface area (Å²) in [5, 5.41) is 0. The molecule has 1 aromatic carbocycles. The number of ether oxygens (including phenoxy) is 1. The predicted molar refractivity (Wildman–Crippen MR) is 77.4 cm³/mol. The van der Waals surface area contributed by atoms with Crippen LogP contribution in [0.5, 0.6) is 5.75 Å². The van der Waals surface area contributed by atoms with Crippen LogP contribution in [0.25, 0.3) is 0 Å². The van der Waals surface area contributed by atoms with Crippen LogP contribution in [0.4, 0.5) is 22.0 Å². The molecule has 3 nitrogen and oxygen atoms in total. The van der Waals surface area contributed by atoms with Gasteiger partial charge in [0.2, 0.25) is 35.0 Å². The summed E-state index contributed by atoms with van der Waals surface area (Å²) in [6.45, 7) is 0. The highest BCUT2D eigenvalue weighted by atomic mass is 32.1. The van der Waals surface area contributed by atoms with Gasteiger partial charge in [-0.05, 0) is 12.8 Å². The summed E-state index contributed by atoms with van der Waals surface area (Å²) >= 11 is 3.96. The van der Waals surface area contributed by atoms with Gasteiger partial charge in [0.25, 0.3) is 0 Å². The van der Waals surface area contributed by atoms with E-state index in [2.05, 4.69) is 12.6 Å². The number of thiol groups is 1. The fourth-order valence-electron chi connectivity index (χ4n) is 3.57. The average Bonchev–Trinajstić information content (AvgIpc) is 2.85. The number of hydrogen-bond acceptors (Lipinski definition) is 3. The summed E-state index contributed by atoms with van der Waals surface area (Å²) in [5.74, 6) is -11.6. The van der Waals surface area contributed by atoms with E-state index < -0.39 is 40.9 Å². The molecule has 2 heterocycles. The van der Waals surface area contributed by atoms with E-state index in [0.717, 1.165) is 0 Å². The molecule has 132 valence electrons. The van der Waals surface area contributed by atoms with E-state index in [-0.39, 0.29) is 36.6 Å². The van der Waals surface area contributed by atoms with Gasteiger partial charge in [0.05, 0.1) is 5.75 Å². The molecule has 1 amide bonds. The highest BCUT2D eigenvalue weighted by Crippen LogP contribution is 2.39. The lowest BCUT2D eigenvalue weighted by atomic mass is 9.99. The number of amides is 1. The summed E-state index contributed by atoms with van der Waals surface area (Å²) in [5.41, 5.74) is 0. The van der Waals surface area contributed by atoms with Crippen molar-refractivity contribution in [3.8, 4) is 5.75 Å². The molecule has 9 heteroatoms. The minimum absolute atomic E-state index is 0.0518. The number of nitrogens with zero attached hydrogens (tertiary/aromatic N) is 1. The van der Waals surface area contributed by atoms with Crippen molar-refractivity contribution >= 4 is 18.5 Å². The third kappa shape index (κ3) is 2.72. The molecular formula is C15H14F5NO2S. The van der Waals surface area contributed by atoms with E-state index in [1.807, 2.05) is 0 Å². The van der Waals surface area contributed by atoms with Crippen molar-refractivity contribution in [2.24, 2.45) is 0 Å². The minimum atomic E-state index is -2.22. The van der Waals surface area contributed by atoms with Crippen LogP contribution in [0.15, 0.2) is 0 Å². The van der Waals surface area contributed by atoms with Crippen molar-refractivity contribution in [1.82, 2.24) is 4.90 Å². The van der Waals surface area contributed by atoms with Gasteiger partial charge in [0.15, 0.2) is 5.75 Å². The number of fused-ring (bicyclic) bond motifs is 2. The molecule has 2 atom stereocenters. The summed E-state index contributed by atoms with van der Waals surface area (Å²) in [4.78, 5) is 13.6. The topological polar surface area (TPSA) is 29.5 Å². The van der Waals surface area contributed by atoms with Crippen molar-refractivity contribution in [2.45, 2.75) is 43.9 Å². The molecule has 2 unspecified atom stereocenters. The first-order chi connectivity index (χ1) is 11.3. The number of benzene rings is 1. The first kappa shape index (κ1) is 17.3. The van der Waals surface area contributed by atoms with Gasteiger partial charge < -0.3 is 9.64 Å². The van der Waals surface area contributed by atoms with Crippen molar-refractivity contribution < 1.29 is 31.5 Å². The quantitative estimate of drug-likeness (QED) is 0.385. The number of piperidine rings is 1. The van der Waals surface area contributed by atoms with E-state index >= 15 is 0 Å². The second-order valence-corrected chi connectivity index (χ2v) is 6.27. The lowest BCUT2D eigenvalue weighted by Gasteiger charge is -2.38. The van der Waals surface area contributed by atoms with Crippen LogP contribution in [0.2, 0.25) is 0 Å². The molecule has 0 N–H and O–H groups in total. The highest BCUT2D eigenvalue weighted by Gasteiger charge is 2.44. The molecule has 0 aliphatic carbocycles. The fraction of sp³-hybridized carbons (Fsp3) is 0.533.